The highest BCUT2D eigenvalue weighted by Crippen LogP contribution is 1.08. The zero-order valence-electron chi connectivity index (χ0n) is 2.88. The molecule has 0 heterocycles. The molecular weight excluding hydrogens is 102 g/mol. The van der Waals surface area contributed by atoms with Crippen molar-refractivity contribution in [2.45, 2.75) is 0 Å². The standard InChI is InChI=1S/CN.CH2O2S/c1-2;1-4(2)3/h;1H2/q-1;. The molecule has 34 valence electrons. The molecule has 0 aliphatic rings. The van der Waals surface area contributed by atoms with Crippen LogP contribution in [0.2, 0.25) is 0 Å². The van der Waals surface area contributed by atoms with Crippen molar-refractivity contribution >= 4 is 16.2 Å². The summed E-state index contributed by atoms with van der Waals surface area (Å²) in [5, 5.41) is 6.25. The molecule has 0 spiro atoms. The summed E-state index contributed by atoms with van der Waals surface area (Å²) in [7, 11) is -2.11. The Kier molecular flexibility index (Phi) is 13.3. The maximum absolute atomic E-state index is 8.89. The second-order valence-corrected chi connectivity index (χ2v) is 0.911. The lowest BCUT2D eigenvalue weighted by Gasteiger charge is -1.19. The fourth-order valence-electron chi connectivity index (χ4n) is 0. The minimum absolute atomic E-state index is 2.11. The Morgan fingerprint density at radius 2 is 1.50 bits per heavy atom. The molecule has 0 atom stereocenters. The van der Waals surface area contributed by atoms with E-state index in [0.29, 0.717) is 0 Å². The SMILES string of the molecule is C=S(=O)=O.[C-]#N. The lowest BCUT2D eigenvalue weighted by atomic mass is 11.9. The summed E-state index contributed by atoms with van der Waals surface area (Å²) in [5.74, 6) is 2.56. The van der Waals surface area contributed by atoms with E-state index in [4.69, 9.17) is 20.3 Å². The number of hydrogen-bond donors (Lipinski definition) is 0. The summed E-state index contributed by atoms with van der Waals surface area (Å²) < 4.78 is 17.8. The predicted molar refractivity (Wildman–Crippen MR) is 21.0 cm³/mol. The first-order valence-electron chi connectivity index (χ1n) is 0.846. The molecule has 0 radical (unpaired) electrons. The number of nitrogens with zero attached hydrogens (tertiary/aromatic N) is 1. The van der Waals surface area contributed by atoms with Crippen LogP contribution in [0.25, 0.3) is 0 Å². The largest absolute Gasteiger partial charge is 0.512 e. The molecular formula is C2H2NO2S-. The third-order valence-electron chi connectivity index (χ3n) is 0. The van der Waals surface area contributed by atoms with Crippen molar-refractivity contribution in [1.29, 1.82) is 5.26 Å². The van der Waals surface area contributed by atoms with E-state index in [1.165, 1.54) is 0 Å². The van der Waals surface area contributed by atoms with Gasteiger partial charge in [-0.25, -0.2) is 0 Å². The fraction of sp³-hybridized carbons (Fsp3) is 0. The van der Waals surface area contributed by atoms with Crippen LogP contribution in [0.15, 0.2) is 0 Å². The summed E-state index contributed by atoms with van der Waals surface area (Å²) in [6, 6.07) is 0. The molecule has 0 saturated carbocycles. The monoisotopic (exact) mass is 104 g/mol. The van der Waals surface area contributed by atoms with Gasteiger partial charge in [0.2, 0.25) is 10.3 Å². The van der Waals surface area contributed by atoms with Gasteiger partial charge in [0.1, 0.15) is 0 Å². The molecule has 0 aromatic rings. The Morgan fingerprint density at radius 1 is 1.50 bits per heavy atom. The third-order valence-corrected chi connectivity index (χ3v) is 0. The summed E-state index contributed by atoms with van der Waals surface area (Å²) in [5.41, 5.74) is 0. The molecule has 6 heavy (non-hydrogen) atoms. The Hall–Kier alpha value is -0.820. The second-order valence-electron chi connectivity index (χ2n) is 0.304. The normalized spacial score (nSPS) is 4.33. The Morgan fingerprint density at radius 3 is 1.50 bits per heavy atom. The Labute approximate surface area is 37.4 Å². The maximum atomic E-state index is 8.89. The van der Waals surface area contributed by atoms with Gasteiger partial charge in [-0.1, -0.05) is 0 Å². The quantitative estimate of drug-likeness (QED) is 0.304. The van der Waals surface area contributed by atoms with Crippen LogP contribution in [-0.4, -0.2) is 14.3 Å². The first kappa shape index (κ1) is 8.95. The zero-order chi connectivity index (χ0) is 5.58. The highest BCUT2D eigenvalue weighted by Gasteiger charge is 1.28. The van der Waals surface area contributed by atoms with Crippen molar-refractivity contribution in [1.82, 2.24) is 0 Å². The molecule has 0 N–H and O–H groups in total. The van der Waals surface area contributed by atoms with Gasteiger partial charge in [0.05, 0.1) is 0 Å². The van der Waals surface area contributed by atoms with E-state index in [-0.39, 0.29) is 0 Å². The first-order chi connectivity index (χ1) is 2.73. The van der Waals surface area contributed by atoms with Crippen LogP contribution in [0.1, 0.15) is 0 Å². The molecule has 0 bridgehead atoms. The van der Waals surface area contributed by atoms with Crippen LogP contribution < -0.4 is 0 Å². The number of rotatable bonds is 0. The van der Waals surface area contributed by atoms with Gasteiger partial charge in [0.25, 0.3) is 0 Å². The highest BCUT2D eigenvalue weighted by molar-refractivity contribution is 7.70. The predicted octanol–water partition coefficient (Wildman–Crippen LogP) is -0.606. The topological polar surface area (TPSA) is 57.9 Å². The molecule has 0 fully saturated rings. The minimum atomic E-state index is -2.11. The van der Waals surface area contributed by atoms with Crippen molar-refractivity contribution in [3.05, 3.63) is 6.57 Å². The lowest BCUT2D eigenvalue weighted by Crippen LogP contribution is -1.39. The average Bonchev–Trinajstić information content (AvgIpc) is 1.41. The van der Waals surface area contributed by atoms with Gasteiger partial charge in [-0.3, -0.25) is 0 Å². The average molecular weight is 104 g/mol. The fourth-order valence-corrected chi connectivity index (χ4v) is 0. The van der Waals surface area contributed by atoms with Crippen LogP contribution in [0, 0.1) is 11.8 Å². The van der Waals surface area contributed by atoms with E-state index in [2.05, 4.69) is 5.87 Å². The van der Waals surface area contributed by atoms with E-state index < -0.39 is 10.3 Å². The van der Waals surface area contributed by atoms with Crippen LogP contribution in [0.5, 0.6) is 0 Å². The van der Waals surface area contributed by atoms with E-state index in [0.717, 1.165) is 0 Å². The molecule has 3 nitrogen and oxygen atoms in total. The molecule has 0 saturated heterocycles. The van der Waals surface area contributed by atoms with E-state index >= 15 is 0 Å². The van der Waals surface area contributed by atoms with Crippen molar-refractivity contribution < 1.29 is 8.42 Å². The molecule has 0 aliphatic heterocycles. The van der Waals surface area contributed by atoms with Crippen molar-refractivity contribution in [2.24, 2.45) is 0 Å². The summed E-state index contributed by atoms with van der Waals surface area (Å²) >= 11 is 0. The molecule has 0 rings (SSSR count). The molecule has 0 aliphatic carbocycles. The first-order valence-corrected chi connectivity index (χ1v) is 2.09. The highest BCUT2D eigenvalue weighted by atomic mass is 32.2. The lowest BCUT2D eigenvalue weighted by molar-refractivity contribution is 0.627. The maximum Gasteiger partial charge on any atom is 0.206 e. The van der Waals surface area contributed by atoms with Gasteiger partial charge in [0.15, 0.2) is 0 Å². The van der Waals surface area contributed by atoms with Crippen molar-refractivity contribution in [3.63, 3.8) is 0 Å². The van der Waals surface area contributed by atoms with E-state index in [1.807, 2.05) is 0 Å². The van der Waals surface area contributed by atoms with Crippen molar-refractivity contribution in [2.75, 3.05) is 0 Å². The molecule has 0 amide bonds. The van der Waals surface area contributed by atoms with Gasteiger partial charge in [-0.05, 0) is 0 Å². The minimum Gasteiger partial charge on any atom is -0.512 e. The van der Waals surface area contributed by atoms with Crippen LogP contribution in [-0.2, 0) is 10.3 Å². The van der Waals surface area contributed by atoms with Gasteiger partial charge in [0, 0.05) is 5.87 Å². The van der Waals surface area contributed by atoms with Gasteiger partial charge >= 0.3 is 0 Å². The smallest absolute Gasteiger partial charge is 0.206 e. The summed E-state index contributed by atoms with van der Waals surface area (Å²) in [6.45, 7) is 4.75. The van der Waals surface area contributed by atoms with Crippen LogP contribution in [0.4, 0.5) is 0 Å². The molecule has 4 heteroatoms. The van der Waals surface area contributed by atoms with E-state index in [9.17, 15) is 0 Å². The number of hydrogen-bond acceptors (Lipinski definition) is 3. The van der Waals surface area contributed by atoms with Gasteiger partial charge in [-0.15, -0.1) is 0 Å². The van der Waals surface area contributed by atoms with Gasteiger partial charge < -0.3 is 11.8 Å². The van der Waals surface area contributed by atoms with Crippen LogP contribution >= 0.6 is 0 Å². The molecule has 0 aromatic carbocycles. The molecule has 0 aromatic heterocycles. The summed E-state index contributed by atoms with van der Waals surface area (Å²) in [6.07, 6.45) is 0. The van der Waals surface area contributed by atoms with Crippen molar-refractivity contribution in [3.8, 4) is 0 Å². The Balaban J connectivity index is 0. The van der Waals surface area contributed by atoms with Gasteiger partial charge in [-0.2, -0.15) is 8.42 Å². The summed E-state index contributed by atoms with van der Waals surface area (Å²) in [4.78, 5) is 0. The second kappa shape index (κ2) is 8.89. The molecule has 0 unspecified atom stereocenters. The third kappa shape index (κ3) is 22.5. The van der Waals surface area contributed by atoms with E-state index in [1.54, 1.807) is 0 Å². The Bertz CT molecular complexity index is 109. The zero-order valence-corrected chi connectivity index (χ0v) is 3.70. The van der Waals surface area contributed by atoms with Crippen LogP contribution in [0.3, 0.4) is 0 Å².